The average Bonchev–Trinajstić information content (AvgIpc) is 2.35. The minimum Gasteiger partial charge on any atom is -0.382 e. The quantitative estimate of drug-likeness (QED) is 0.755. The van der Waals surface area contributed by atoms with Crippen molar-refractivity contribution in [2.75, 3.05) is 7.11 Å². The molecule has 0 aromatic carbocycles. The first-order chi connectivity index (χ1) is 7.67. The van der Waals surface area contributed by atoms with E-state index in [4.69, 9.17) is 10.5 Å². The smallest absolute Gasteiger partial charge is 0.0543 e. The van der Waals surface area contributed by atoms with Gasteiger partial charge in [-0.25, -0.2) is 0 Å². The molecule has 1 aliphatic rings. The Balaban J connectivity index is 2.27. The molecule has 0 aromatic heterocycles. The van der Waals surface area contributed by atoms with Crippen LogP contribution in [0.15, 0.2) is 0 Å². The molecule has 1 aliphatic carbocycles. The zero-order valence-corrected chi connectivity index (χ0v) is 11.2. The van der Waals surface area contributed by atoms with Gasteiger partial charge >= 0.3 is 0 Å². The Bertz CT molecular complexity index is 184. The van der Waals surface area contributed by atoms with Gasteiger partial charge in [0.1, 0.15) is 0 Å². The first-order valence-electron chi connectivity index (χ1n) is 6.95. The highest BCUT2D eigenvalue weighted by Gasteiger charge is 2.25. The van der Waals surface area contributed by atoms with Gasteiger partial charge in [-0.1, -0.05) is 26.2 Å². The van der Waals surface area contributed by atoms with Crippen molar-refractivity contribution < 1.29 is 4.74 Å². The van der Waals surface area contributed by atoms with Gasteiger partial charge in [0.2, 0.25) is 0 Å². The summed E-state index contributed by atoms with van der Waals surface area (Å²) in [6.45, 7) is 4.44. The van der Waals surface area contributed by atoms with E-state index in [1.165, 1.54) is 32.1 Å². The Kier molecular flexibility index (Phi) is 6.37. The van der Waals surface area contributed by atoms with E-state index in [9.17, 15) is 0 Å². The second kappa shape index (κ2) is 7.29. The minimum atomic E-state index is 0.358. The predicted octanol–water partition coefficient (Wildman–Crippen LogP) is 3.35. The summed E-state index contributed by atoms with van der Waals surface area (Å²) in [4.78, 5) is 0. The summed E-state index contributed by atoms with van der Waals surface area (Å²) >= 11 is 0. The van der Waals surface area contributed by atoms with Crippen molar-refractivity contribution in [3.05, 3.63) is 0 Å². The molecule has 2 N–H and O–H groups in total. The molecule has 0 aliphatic heterocycles. The van der Waals surface area contributed by atoms with Gasteiger partial charge in [0.25, 0.3) is 0 Å². The van der Waals surface area contributed by atoms with Crippen LogP contribution in [0.5, 0.6) is 0 Å². The fraction of sp³-hybridized carbons (Fsp3) is 1.00. The molecule has 1 fully saturated rings. The standard InChI is InChI=1S/C14H29NO/c1-4-12-6-5-7-13(10-12)14(15)9-8-11(2)16-3/h11-14H,4-10,15H2,1-3H3. The Morgan fingerprint density at radius 3 is 2.69 bits per heavy atom. The van der Waals surface area contributed by atoms with E-state index in [1.807, 2.05) is 0 Å². The van der Waals surface area contributed by atoms with Crippen LogP contribution in [0.25, 0.3) is 0 Å². The van der Waals surface area contributed by atoms with Crippen molar-refractivity contribution in [3.8, 4) is 0 Å². The van der Waals surface area contributed by atoms with Gasteiger partial charge in [-0.2, -0.15) is 0 Å². The minimum absolute atomic E-state index is 0.358. The normalized spacial score (nSPS) is 30.0. The molecule has 0 heterocycles. The van der Waals surface area contributed by atoms with Crippen LogP contribution in [-0.2, 0) is 4.74 Å². The van der Waals surface area contributed by atoms with Gasteiger partial charge in [-0.15, -0.1) is 0 Å². The topological polar surface area (TPSA) is 35.2 Å². The summed E-state index contributed by atoms with van der Waals surface area (Å²) in [5, 5.41) is 0. The van der Waals surface area contributed by atoms with Crippen molar-refractivity contribution in [3.63, 3.8) is 0 Å². The molecule has 2 heteroatoms. The van der Waals surface area contributed by atoms with Crippen LogP contribution in [0.2, 0.25) is 0 Å². The number of ether oxygens (including phenoxy) is 1. The second-order valence-corrected chi connectivity index (χ2v) is 5.49. The summed E-state index contributed by atoms with van der Waals surface area (Å²) in [6, 6.07) is 0.395. The van der Waals surface area contributed by atoms with E-state index in [-0.39, 0.29) is 0 Å². The van der Waals surface area contributed by atoms with Crippen LogP contribution < -0.4 is 5.73 Å². The molecule has 0 bridgehead atoms. The third-order valence-electron chi connectivity index (χ3n) is 4.32. The SMILES string of the molecule is CCC1CCCC(C(N)CCC(C)OC)C1. The Labute approximate surface area is 101 Å². The third-order valence-corrected chi connectivity index (χ3v) is 4.32. The lowest BCUT2D eigenvalue weighted by molar-refractivity contribution is 0.102. The van der Waals surface area contributed by atoms with E-state index < -0.39 is 0 Å². The Morgan fingerprint density at radius 1 is 1.31 bits per heavy atom. The summed E-state index contributed by atoms with van der Waals surface area (Å²) < 4.78 is 5.27. The van der Waals surface area contributed by atoms with Crippen molar-refractivity contribution in [1.29, 1.82) is 0 Å². The molecule has 96 valence electrons. The largest absolute Gasteiger partial charge is 0.382 e. The summed E-state index contributed by atoms with van der Waals surface area (Å²) in [5.74, 6) is 1.70. The Hall–Kier alpha value is -0.0800. The highest BCUT2D eigenvalue weighted by atomic mass is 16.5. The van der Waals surface area contributed by atoms with Crippen LogP contribution >= 0.6 is 0 Å². The van der Waals surface area contributed by atoms with Crippen LogP contribution in [0, 0.1) is 11.8 Å². The Morgan fingerprint density at radius 2 is 2.06 bits per heavy atom. The molecule has 0 aromatic rings. The fourth-order valence-corrected chi connectivity index (χ4v) is 2.87. The molecular formula is C14H29NO. The molecule has 1 rings (SSSR count). The van der Waals surface area contributed by atoms with Crippen molar-refractivity contribution >= 4 is 0 Å². The highest BCUT2D eigenvalue weighted by Crippen LogP contribution is 2.33. The van der Waals surface area contributed by atoms with E-state index in [0.29, 0.717) is 12.1 Å². The van der Waals surface area contributed by atoms with E-state index in [1.54, 1.807) is 7.11 Å². The molecule has 1 saturated carbocycles. The summed E-state index contributed by atoms with van der Waals surface area (Å²) in [7, 11) is 1.78. The predicted molar refractivity (Wildman–Crippen MR) is 69.4 cm³/mol. The molecule has 0 radical (unpaired) electrons. The average molecular weight is 227 g/mol. The summed E-state index contributed by atoms with van der Waals surface area (Å²) in [5.41, 5.74) is 6.31. The zero-order chi connectivity index (χ0) is 12.0. The maximum absolute atomic E-state index is 6.31. The maximum Gasteiger partial charge on any atom is 0.0543 e. The molecule has 4 unspecified atom stereocenters. The number of hydrogen-bond acceptors (Lipinski definition) is 2. The van der Waals surface area contributed by atoms with E-state index in [2.05, 4.69) is 13.8 Å². The van der Waals surface area contributed by atoms with Gasteiger partial charge in [0, 0.05) is 13.2 Å². The molecular weight excluding hydrogens is 198 g/mol. The first-order valence-corrected chi connectivity index (χ1v) is 6.95. The number of hydrogen-bond donors (Lipinski definition) is 1. The van der Waals surface area contributed by atoms with Crippen LogP contribution in [0.4, 0.5) is 0 Å². The fourth-order valence-electron chi connectivity index (χ4n) is 2.87. The second-order valence-electron chi connectivity index (χ2n) is 5.49. The molecule has 4 atom stereocenters. The lowest BCUT2D eigenvalue weighted by Crippen LogP contribution is -2.34. The van der Waals surface area contributed by atoms with Crippen molar-refractivity contribution in [2.24, 2.45) is 17.6 Å². The van der Waals surface area contributed by atoms with Crippen LogP contribution in [0.3, 0.4) is 0 Å². The van der Waals surface area contributed by atoms with Gasteiger partial charge in [0.15, 0.2) is 0 Å². The van der Waals surface area contributed by atoms with E-state index >= 15 is 0 Å². The van der Waals surface area contributed by atoms with Crippen molar-refractivity contribution in [1.82, 2.24) is 0 Å². The zero-order valence-electron chi connectivity index (χ0n) is 11.2. The molecule has 0 amide bonds. The van der Waals surface area contributed by atoms with Gasteiger partial charge in [0.05, 0.1) is 6.10 Å². The molecule has 0 spiro atoms. The van der Waals surface area contributed by atoms with Crippen LogP contribution in [-0.4, -0.2) is 19.3 Å². The number of nitrogens with two attached hydrogens (primary N) is 1. The lowest BCUT2D eigenvalue weighted by atomic mass is 9.76. The molecule has 0 saturated heterocycles. The maximum atomic E-state index is 6.31. The summed E-state index contributed by atoms with van der Waals surface area (Å²) in [6.07, 6.45) is 9.43. The van der Waals surface area contributed by atoms with E-state index in [0.717, 1.165) is 24.7 Å². The highest BCUT2D eigenvalue weighted by molar-refractivity contribution is 4.80. The van der Waals surface area contributed by atoms with Crippen LogP contribution in [0.1, 0.15) is 58.8 Å². The van der Waals surface area contributed by atoms with Gasteiger partial charge in [-0.05, 0) is 44.4 Å². The first kappa shape index (κ1) is 14.0. The van der Waals surface area contributed by atoms with Gasteiger partial charge < -0.3 is 10.5 Å². The molecule has 16 heavy (non-hydrogen) atoms. The molecule has 2 nitrogen and oxygen atoms in total. The number of methoxy groups -OCH3 is 1. The lowest BCUT2D eigenvalue weighted by Gasteiger charge is -2.32. The third kappa shape index (κ3) is 4.42. The number of rotatable bonds is 6. The van der Waals surface area contributed by atoms with Gasteiger partial charge in [-0.3, -0.25) is 0 Å². The van der Waals surface area contributed by atoms with Crippen molar-refractivity contribution in [2.45, 2.75) is 70.9 Å². The monoisotopic (exact) mass is 227 g/mol.